The van der Waals surface area contributed by atoms with Gasteiger partial charge in [-0.3, -0.25) is 9.48 Å². The molecule has 1 saturated carbocycles. The molecule has 25 heavy (non-hydrogen) atoms. The van der Waals surface area contributed by atoms with Crippen molar-refractivity contribution >= 4 is 32.6 Å². The fraction of sp³-hybridized carbons (Fsp3) is 0.389. The molecule has 1 aliphatic carbocycles. The minimum Gasteiger partial charge on any atom is -0.375 e. The first-order chi connectivity index (χ1) is 12.1. The molecule has 130 valence electrons. The van der Waals surface area contributed by atoms with Gasteiger partial charge in [0.15, 0.2) is 5.13 Å². The first-order valence-corrected chi connectivity index (χ1v) is 9.38. The van der Waals surface area contributed by atoms with E-state index in [4.69, 9.17) is 5.73 Å². The second-order valence-corrected chi connectivity index (χ2v) is 7.71. The number of benzene rings is 1. The van der Waals surface area contributed by atoms with Gasteiger partial charge in [0.05, 0.1) is 28.0 Å². The zero-order valence-electron chi connectivity index (χ0n) is 14.1. The van der Waals surface area contributed by atoms with E-state index in [0.717, 1.165) is 35.9 Å². The monoisotopic (exact) mass is 355 g/mol. The Morgan fingerprint density at radius 1 is 1.32 bits per heavy atom. The molecule has 0 unspecified atom stereocenters. The standard InChI is InChI=1S/C18H21N5OS/c1-11-9-20-23(10-11)13-7-5-12(6-8-13)21-17(24)14-3-2-4-15-16(14)25-18(19)22-15/h2-4,9-10,12-13H,5-8H2,1H3,(H2,19,22)(H,21,24). The van der Waals surface area contributed by atoms with Gasteiger partial charge in [0.2, 0.25) is 0 Å². The molecule has 1 amide bonds. The zero-order valence-corrected chi connectivity index (χ0v) is 14.9. The first kappa shape index (κ1) is 16.1. The smallest absolute Gasteiger partial charge is 0.253 e. The van der Waals surface area contributed by atoms with Crippen molar-refractivity contribution in [2.24, 2.45) is 0 Å². The summed E-state index contributed by atoms with van der Waals surface area (Å²) in [5, 5.41) is 8.10. The number of nitrogen functional groups attached to an aromatic ring is 1. The van der Waals surface area contributed by atoms with E-state index < -0.39 is 0 Å². The van der Waals surface area contributed by atoms with Crippen molar-refractivity contribution in [2.45, 2.75) is 44.7 Å². The number of hydrogen-bond acceptors (Lipinski definition) is 5. The highest BCUT2D eigenvalue weighted by atomic mass is 32.1. The molecule has 1 aliphatic rings. The molecule has 0 radical (unpaired) electrons. The number of rotatable bonds is 3. The van der Waals surface area contributed by atoms with Gasteiger partial charge < -0.3 is 11.1 Å². The highest BCUT2D eigenvalue weighted by Crippen LogP contribution is 2.30. The molecule has 3 N–H and O–H groups in total. The van der Waals surface area contributed by atoms with E-state index in [9.17, 15) is 4.79 Å². The number of amides is 1. The van der Waals surface area contributed by atoms with E-state index in [2.05, 4.69) is 33.2 Å². The number of hydrogen-bond donors (Lipinski definition) is 2. The average Bonchev–Trinajstić information content (AvgIpc) is 3.19. The molecule has 3 aromatic rings. The minimum atomic E-state index is -0.0346. The Hall–Kier alpha value is -2.41. The van der Waals surface area contributed by atoms with Crippen LogP contribution in [0.5, 0.6) is 0 Å². The lowest BCUT2D eigenvalue weighted by Gasteiger charge is -2.29. The third-order valence-electron chi connectivity index (χ3n) is 4.81. The Morgan fingerprint density at radius 2 is 2.12 bits per heavy atom. The number of nitrogens with one attached hydrogen (secondary N) is 1. The van der Waals surface area contributed by atoms with Crippen LogP contribution in [0.15, 0.2) is 30.6 Å². The Balaban J connectivity index is 1.42. The van der Waals surface area contributed by atoms with Crippen molar-refractivity contribution in [3.05, 3.63) is 41.7 Å². The van der Waals surface area contributed by atoms with Gasteiger partial charge in [-0.15, -0.1) is 0 Å². The maximum atomic E-state index is 12.7. The molecule has 2 aromatic heterocycles. The molecule has 0 spiro atoms. The molecule has 6 nitrogen and oxygen atoms in total. The van der Waals surface area contributed by atoms with Crippen LogP contribution in [0.3, 0.4) is 0 Å². The summed E-state index contributed by atoms with van der Waals surface area (Å²) in [5.41, 5.74) is 8.42. The second-order valence-electron chi connectivity index (χ2n) is 6.68. The molecule has 7 heteroatoms. The van der Waals surface area contributed by atoms with Crippen molar-refractivity contribution in [1.82, 2.24) is 20.1 Å². The predicted molar refractivity (Wildman–Crippen MR) is 99.8 cm³/mol. The highest BCUT2D eigenvalue weighted by molar-refractivity contribution is 7.22. The average molecular weight is 355 g/mol. The van der Waals surface area contributed by atoms with Crippen molar-refractivity contribution in [1.29, 1.82) is 0 Å². The Morgan fingerprint density at radius 3 is 2.84 bits per heavy atom. The SMILES string of the molecule is Cc1cnn(C2CCC(NC(=O)c3cccc4nc(N)sc34)CC2)c1. The van der Waals surface area contributed by atoms with E-state index in [-0.39, 0.29) is 11.9 Å². The molecule has 0 atom stereocenters. The van der Waals surface area contributed by atoms with Gasteiger partial charge in [0, 0.05) is 12.2 Å². The quantitative estimate of drug-likeness (QED) is 0.755. The molecule has 4 rings (SSSR count). The lowest BCUT2D eigenvalue weighted by Crippen LogP contribution is -2.38. The van der Waals surface area contributed by atoms with Gasteiger partial charge >= 0.3 is 0 Å². The molecule has 2 heterocycles. The lowest BCUT2D eigenvalue weighted by molar-refractivity contribution is 0.0923. The van der Waals surface area contributed by atoms with Crippen LogP contribution < -0.4 is 11.1 Å². The highest BCUT2D eigenvalue weighted by Gasteiger charge is 2.25. The van der Waals surface area contributed by atoms with Crippen molar-refractivity contribution in [2.75, 3.05) is 5.73 Å². The topological polar surface area (TPSA) is 85.8 Å². The van der Waals surface area contributed by atoms with Crippen LogP contribution in [-0.4, -0.2) is 26.7 Å². The maximum absolute atomic E-state index is 12.7. The third kappa shape index (κ3) is 3.24. The Bertz CT molecular complexity index is 907. The number of fused-ring (bicyclic) bond motifs is 1. The van der Waals surface area contributed by atoms with Crippen LogP contribution in [-0.2, 0) is 0 Å². The van der Waals surface area contributed by atoms with E-state index in [1.54, 1.807) is 0 Å². The van der Waals surface area contributed by atoms with Crippen molar-refractivity contribution in [3.63, 3.8) is 0 Å². The fourth-order valence-electron chi connectivity index (χ4n) is 3.53. The number of aromatic nitrogens is 3. The van der Waals surface area contributed by atoms with E-state index in [1.807, 2.05) is 24.4 Å². The predicted octanol–water partition coefficient (Wildman–Crippen LogP) is 3.30. The van der Waals surface area contributed by atoms with Crippen LogP contribution in [0, 0.1) is 6.92 Å². The summed E-state index contributed by atoms with van der Waals surface area (Å²) in [6, 6.07) is 6.23. The molecule has 1 fully saturated rings. The van der Waals surface area contributed by atoms with Gasteiger partial charge in [-0.25, -0.2) is 4.98 Å². The van der Waals surface area contributed by atoms with Gasteiger partial charge in [-0.2, -0.15) is 5.10 Å². The van der Waals surface area contributed by atoms with Gasteiger partial charge in [-0.05, 0) is 50.3 Å². The van der Waals surface area contributed by atoms with Crippen LogP contribution in [0.1, 0.15) is 47.6 Å². The Labute approximate surface area is 150 Å². The summed E-state index contributed by atoms with van der Waals surface area (Å²) in [5.74, 6) is -0.0346. The summed E-state index contributed by atoms with van der Waals surface area (Å²) in [6.45, 7) is 2.06. The number of carbonyl (C=O) groups is 1. The summed E-state index contributed by atoms with van der Waals surface area (Å²) < 4.78 is 2.92. The first-order valence-electron chi connectivity index (χ1n) is 8.57. The third-order valence-corrected chi connectivity index (χ3v) is 5.75. The molecule has 0 bridgehead atoms. The molecule has 1 aromatic carbocycles. The summed E-state index contributed by atoms with van der Waals surface area (Å²) in [7, 11) is 0. The van der Waals surface area contributed by atoms with Crippen molar-refractivity contribution in [3.8, 4) is 0 Å². The molecule has 0 saturated heterocycles. The van der Waals surface area contributed by atoms with E-state index in [0.29, 0.717) is 16.7 Å². The number of carbonyl (C=O) groups excluding carboxylic acids is 1. The number of aryl methyl sites for hydroxylation is 1. The van der Waals surface area contributed by atoms with Gasteiger partial charge in [0.1, 0.15) is 0 Å². The lowest BCUT2D eigenvalue weighted by atomic mass is 9.91. The largest absolute Gasteiger partial charge is 0.375 e. The summed E-state index contributed by atoms with van der Waals surface area (Å²) in [6.07, 6.45) is 7.99. The molecular weight excluding hydrogens is 334 g/mol. The van der Waals surface area contributed by atoms with Crippen LogP contribution in [0.25, 0.3) is 10.2 Å². The van der Waals surface area contributed by atoms with E-state index in [1.165, 1.54) is 16.9 Å². The van der Waals surface area contributed by atoms with Gasteiger partial charge in [-0.1, -0.05) is 17.4 Å². The summed E-state index contributed by atoms with van der Waals surface area (Å²) in [4.78, 5) is 17.0. The second kappa shape index (κ2) is 6.48. The van der Waals surface area contributed by atoms with Crippen LogP contribution in [0.2, 0.25) is 0 Å². The van der Waals surface area contributed by atoms with E-state index >= 15 is 0 Å². The molecular formula is C18H21N5OS. The van der Waals surface area contributed by atoms with Crippen LogP contribution in [0.4, 0.5) is 5.13 Å². The normalized spacial score (nSPS) is 20.7. The Kier molecular flexibility index (Phi) is 4.17. The fourth-order valence-corrected chi connectivity index (χ4v) is 4.37. The maximum Gasteiger partial charge on any atom is 0.253 e. The van der Waals surface area contributed by atoms with Gasteiger partial charge in [0.25, 0.3) is 5.91 Å². The number of anilines is 1. The zero-order chi connectivity index (χ0) is 17.4. The number of nitrogens with zero attached hydrogens (tertiary/aromatic N) is 3. The molecule has 0 aliphatic heterocycles. The number of nitrogens with two attached hydrogens (primary N) is 1. The van der Waals surface area contributed by atoms with Crippen LogP contribution >= 0.6 is 11.3 Å². The number of thiazole rings is 1. The van der Waals surface area contributed by atoms with Crippen molar-refractivity contribution < 1.29 is 4.79 Å². The summed E-state index contributed by atoms with van der Waals surface area (Å²) >= 11 is 1.36. The minimum absolute atomic E-state index is 0.0346.